The Kier molecular flexibility index (Phi) is 9.47. The highest BCUT2D eigenvalue weighted by Crippen LogP contribution is 2.15. The fourth-order valence-corrected chi connectivity index (χ4v) is 3.26. The molecule has 1 aromatic rings. The molecule has 0 bridgehead atoms. The lowest BCUT2D eigenvalue weighted by Crippen LogP contribution is -2.56. The van der Waals surface area contributed by atoms with Gasteiger partial charge in [0.15, 0.2) is 5.96 Å². The number of hydrogen-bond acceptors (Lipinski definition) is 5. The van der Waals surface area contributed by atoms with Gasteiger partial charge in [0, 0.05) is 42.8 Å². The molecule has 1 aliphatic rings. The number of ether oxygens (including phenoxy) is 1. The minimum Gasteiger partial charge on any atom is -0.379 e. The quantitative estimate of drug-likeness (QED) is 0.382. The molecular formula is C16H30IN5OS. The summed E-state index contributed by atoms with van der Waals surface area (Å²) in [7, 11) is 0. The fraction of sp³-hybridized carbons (Fsp3) is 0.750. The zero-order valence-electron chi connectivity index (χ0n) is 15.1. The Bertz CT molecular complexity index is 514. The zero-order chi connectivity index (χ0) is 16.7. The Morgan fingerprint density at radius 1 is 1.38 bits per heavy atom. The predicted molar refractivity (Wildman–Crippen MR) is 112 cm³/mol. The highest BCUT2D eigenvalue weighted by Gasteiger charge is 2.28. The second-order valence-corrected chi connectivity index (χ2v) is 7.64. The van der Waals surface area contributed by atoms with Gasteiger partial charge < -0.3 is 15.4 Å². The van der Waals surface area contributed by atoms with Gasteiger partial charge in [-0.3, -0.25) is 4.90 Å². The molecule has 2 heterocycles. The van der Waals surface area contributed by atoms with E-state index < -0.39 is 0 Å². The summed E-state index contributed by atoms with van der Waals surface area (Å²) >= 11 is 1.70. The van der Waals surface area contributed by atoms with Crippen LogP contribution in [0.2, 0.25) is 0 Å². The molecule has 0 amide bonds. The van der Waals surface area contributed by atoms with E-state index in [0.29, 0.717) is 6.54 Å². The molecule has 0 aliphatic carbocycles. The second kappa shape index (κ2) is 10.5. The van der Waals surface area contributed by atoms with E-state index in [1.54, 1.807) is 11.3 Å². The normalized spacial score (nSPS) is 16.6. The highest BCUT2D eigenvalue weighted by molar-refractivity contribution is 14.0. The zero-order valence-corrected chi connectivity index (χ0v) is 18.2. The summed E-state index contributed by atoms with van der Waals surface area (Å²) in [4.78, 5) is 12.7. The van der Waals surface area contributed by atoms with E-state index in [0.717, 1.165) is 50.4 Å². The number of guanidine groups is 1. The number of thiazole rings is 1. The predicted octanol–water partition coefficient (Wildman–Crippen LogP) is 2.24. The third-order valence-electron chi connectivity index (χ3n) is 3.94. The summed E-state index contributed by atoms with van der Waals surface area (Å²) in [6, 6.07) is 0. The summed E-state index contributed by atoms with van der Waals surface area (Å²) in [6.07, 6.45) is 1.90. The van der Waals surface area contributed by atoms with Gasteiger partial charge in [-0.2, -0.15) is 0 Å². The smallest absolute Gasteiger partial charge is 0.191 e. The number of rotatable bonds is 6. The van der Waals surface area contributed by atoms with Crippen LogP contribution in [0.1, 0.15) is 30.7 Å². The number of morpholine rings is 1. The average molecular weight is 467 g/mol. The molecule has 0 spiro atoms. The number of aliphatic imine (C=N–C) groups is 1. The highest BCUT2D eigenvalue weighted by atomic mass is 127. The van der Waals surface area contributed by atoms with Crippen LogP contribution in [0.3, 0.4) is 0 Å². The molecule has 1 aliphatic heterocycles. The molecule has 0 unspecified atom stereocenters. The maximum absolute atomic E-state index is 5.44. The molecule has 1 saturated heterocycles. The summed E-state index contributed by atoms with van der Waals surface area (Å²) in [5.74, 6) is 0.849. The van der Waals surface area contributed by atoms with Crippen LogP contribution < -0.4 is 10.6 Å². The number of halogens is 1. The van der Waals surface area contributed by atoms with E-state index in [9.17, 15) is 0 Å². The molecule has 2 N–H and O–H groups in total. The van der Waals surface area contributed by atoms with E-state index in [-0.39, 0.29) is 29.5 Å². The molecule has 1 fully saturated rings. The van der Waals surface area contributed by atoms with Crippen LogP contribution in [-0.4, -0.2) is 60.8 Å². The average Bonchev–Trinajstić information content (AvgIpc) is 2.96. The van der Waals surface area contributed by atoms with Gasteiger partial charge in [0.25, 0.3) is 0 Å². The Morgan fingerprint density at radius 2 is 2.08 bits per heavy atom. The van der Waals surface area contributed by atoms with Crippen LogP contribution >= 0.6 is 35.3 Å². The molecule has 6 nitrogen and oxygen atoms in total. The molecule has 2 rings (SSSR count). The van der Waals surface area contributed by atoms with Crippen molar-refractivity contribution in [3.63, 3.8) is 0 Å². The van der Waals surface area contributed by atoms with Gasteiger partial charge in [0.05, 0.1) is 19.8 Å². The van der Waals surface area contributed by atoms with Gasteiger partial charge >= 0.3 is 0 Å². The van der Waals surface area contributed by atoms with Crippen molar-refractivity contribution >= 4 is 41.3 Å². The Morgan fingerprint density at radius 3 is 2.67 bits per heavy atom. The van der Waals surface area contributed by atoms with Gasteiger partial charge in [-0.15, -0.1) is 35.3 Å². The Labute approximate surface area is 166 Å². The molecule has 1 aromatic heterocycles. The summed E-state index contributed by atoms with van der Waals surface area (Å²) in [5.41, 5.74) is 0.0672. The van der Waals surface area contributed by atoms with Crippen molar-refractivity contribution in [3.8, 4) is 0 Å². The van der Waals surface area contributed by atoms with Crippen LogP contribution in [0.5, 0.6) is 0 Å². The Hall–Kier alpha value is -0.450. The number of aromatic nitrogens is 1. The van der Waals surface area contributed by atoms with Crippen molar-refractivity contribution in [1.82, 2.24) is 20.5 Å². The summed E-state index contributed by atoms with van der Waals surface area (Å²) < 4.78 is 5.44. The van der Waals surface area contributed by atoms with Crippen molar-refractivity contribution < 1.29 is 4.74 Å². The minimum absolute atomic E-state index is 0. The van der Waals surface area contributed by atoms with Crippen molar-refractivity contribution in [3.05, 3.63) is 16.1 Å². The topological polar surface area (TPSA) is 61.8 Å². The second-order valence-electron chi connectivity index (χ2n) is 6.33. The molecule has 24 heavy (non-hydrogen) atoms. The molecule has 0 aromatic carbocycles. The van der Waals surface area contributed by atoms with Crippen molar-refractivity contribution in [2.24, 2.45) is 4.99 Å². The molecular weight excluding hydrogens is 437 g/mol. The first-order chi connectivity index (χ1) is 11.0. The van der Waals surface area contributed by atoms with Crippen molar-refractivity contribution in [2.75, 3.05) is 39.4 Å². The molecule has 0 atom stereocenters. The first kappa shape index (κ1) is 21.6. The van der Waals surface area contributed by atoms with E-state index in [1.807, 2.05) is 6.20 Å². The monoisotopic (exact) mass is 467 g/mol. The van der Waals surface area contributed by atoms with Crippen LogP contribution in [-0.2, 0) is 11.3 Å². The lowest BCUT2D eigenvalue weighted by atomic mass is 10.0. The van der Waals surface area contributed by atoms with Gasteiger partial charge in [-0.25, -0.2) is 9.98 Å². The Balaban J connectivity index is 0.00000288. The SMILES string of the molecule is CCNC(=NCc1ncc(C)s1)NCC(C)(C)N1CCOCC1.I. The third kappa shape index (κ3) is 6.81. The molecule has 8 heteroatoms. The van der Waals surface area contributed by atoms with Gasteiger partial charge in [-0.1, -0.05) is 0 Å². The number of nitrogens with zero attached hydrogens (tertiary/aromatic N) is 3. The van der Waals surface area contributed by atoms with Gasteiger partial charge in [-0.05, 0) is 27.7 Å². The van der Waals surface area contributed by atoms with Gasteiger partial charge in [0.2, 0.25) is 0 Å². The van der Waals surface area contributed by atoms with E-state index in [4.69, 9.17) is 4.74 Å². The molecule has 138 valence electrons. The van der Waals surface area contributed by atoms with E-state index in [1.165, 1.54) is 4.88 Å². The van der Waals surface area contributed by atoms with Crippen LogP contribution in [0.15, 0.2) is 11.2 Å². The first-order valence-corrected chi connectivity index (χ1v) is 9.09. The number of aryl methyl sites for hydroxylation is 1. The minimum atomic E-state index is 0. The fourth-order valence-electron chi connectivity index (χ4n) is 2.54. The molecule has 0 saturated carbocycles. The van der Waals surface area contributed by atoms with E-state index >= 15 is 0 Å². The van der Waals surface area contributed by atoms with Crippen molar-refractivity contribution in [2.45, 2.75) is 39.8 Å². The summed E-state index contributed by atoms with van der Waals surface area (Å²) in [6.45, 7) is 14.6. The van der Waals surface area contributed by atoms with Crippen LogP contribution in [0.4, 0.5) is 0 Å². The number of hydrogen-bond donors (Lipinski definition) is 2. The van der Waals surface area contributed by atoms with E-state index in [2.05, 4.69) is 53.2 Å². The summed E-state index contributed by atoms with van der Waals surface area (Å²) in [5, 5.41) is 7.82. The van der Waals surface area contributed by atoms with Gasteiger partial charge in [0.1, 0.15) is 5.01 Å². The lowest BCUT2D eigenvalue weighted by Gasteiger charge is -2.41. The van der Waals surface area contributed by atoms with Crippen LogP contribution in [0, 0.1) is 6.92 Å². The molecule has 0 radical (unpaired) electrons. The first-order valence-electron chi connectivity index (χ1n) is 8.27. The maximum atomic E-state index is 5.44. The van der Waals surface area contributed by atoms with Crippen LogP contribution in [0.25, 0.3) is 0 Å². The standard InChI is InChI=1S/C16H29N5OS.HI/c1-5-17-15(19-11-14-18-10-13(2)23-14)20-12-16(3,4)21-6-8-22-9-7-21;/h10H,5-9,11-12H2,1-4H3,(H2,17,19,20);1H. The lowest BCUT2D eigenvalue weighted by molar-refractivity contribution is -0.00834. The maximum Gasteiger partial charge on any atom is 0.191 e. The third-order valence-corrected chi connectivity index (χ3v) is 4.84. The largest absolute Gasteiger partial charge is 0.379 e. The number of nitrogens with one attached hydrogen (secondary N) is 2. The van der Waals surface area contributed by atoms with Crippen molar-refractivity contribution in [1.29, 1.82) is 0 Å².